The molecule has 0 aliphatic carbocycles. The average molecular weight is 598 g/mol. The van der Waals surface area contributed by atoms with E-state index in [4.69, 9.17) is 17.0 Å². The average Bonchev–Trinajstić information content (AvgIpc) is 3.47. The second-order valence-corrected chi connectivity index (χ2v) is 12.0. The molecule has 9 nitrogen and oxygen atoms in total. The summed E-state index contributed by atoms with van der Waals surface area (Å²) in [6.45, 7) is 9.59. The van der Waals surface area contributed by atoms with E-state index in [0.29, 0.717) is 16.5 Å². The molecule has 1 aliphatic heterocycles. The summed E-state index contributed by atoms with van der Waals surface area (Å²) < 4.78 is 7.77. The molecule has 5 rings (SSSR count). The molecular formula is C33H35N5O4S. The van der Waals surface area contributed by atoms with Crippen LogP contribution in [0.1, 0.15) is 65.9 Å². The Morgan fingerprint density at radius 1 is 1.02 bits per heavy atom. The van der Waals surface area contributed by atoms with Crippen molar-refractivity contribution >= 4 is 40.6 Å². The van der Waals surface area contributed by atoms with Gasteiger partial charge in [0.25, 0.3) is 0 Å². The summed E-state index contributed by atoms with van der Waals surface area (Å²) in [5.74, 6) is -0.592. The molecule has 222 valence electrons. The number of anilines is 2. The number of carbonyl (C=O) groups is 2. The number of methoxy groups -OCH3 is 1. The number of nitrogens with zero attached hydrogens (tertiary/aromatic N) is 3. The number of carboxylic acid groups (broad SMARTS) is 1. The van der Waals surface area contributed by atoms with Crippen molar-refractivity contribution in [2.45, 2.75) is 46.7 Å². The van der Waals surface area contributed by atoms with Gasteiger partial charge in [-0.25, -0.2) is 4.79 Å². The van der Waals surface area contributed by atoms with Gasteiger partial charge in [-0.1, -0.05) is 32.9 Å². The minimum atomic E-state index is -0.979. The second kappa shape index (κ2) is 11.5. The van der Waals surface area contributed by atoms with Crippen LogP contribution in [-0.4, -0.2) is 38.8 Å². The highest BCUT2D eigenvalue weighted by Crippen LogP contribution is 2.45. The van der Waals surface area contributed by atoms with E-state index >= 15 is 0 Å². The van der Waals surface area contributed by atoms with Crippen LogP contribution < -0.4 is 20.3 Å². The zero-order valence-electron chi connectivity index (χ0n) is 25.0. The first-order valence-electron chi connectivity index (χ1n) is 13.9. The highest BCUT2D eigenvalue weighted by atomic mass is 32.1. The number of carboxylic acids is 1. The number of benzene rings is 2. The number of carbonyl (C=O) groups excluding carboxylic acids is 1. The fourth-order valence-corrected chi connectivity index (χ4v) is 5.80. The molecule has 0 spiro atoms. The molecule has 4 aromatic rings. The van der Waals surface area contributed by atoms with E-state index in [1.165, 1.54) is 0 Å². The van der Waals surface area contributed by atoms with Gasteiger partial charge in [-0.3, -0.25) is 9.78 Å². The maximum absolute atomic E-state index is 12.7. The van der Waals surface area contributed by atoms with Gasteiger partial charge in [0.2, 0.25) is 5.91 Å². The number of nitrogens with one attached hydrogen (secondary N) is 2. The summed E-state index contributed by atoms with van der Waals surface area (Å²) in [5, 5.41) is 16.6. The molecule has 1 aliphatic rings. The number of amides is 1. The Bertz CT molecular complexity index is 1710. The van der Waals surface area contributed by atoms with E-state index in [-0.39, 0.29) is 23.6 Å². The first-order chi connectivity index (χ1) is 20.4. The van der Waals surface area contributed by atoms with E-state index < -0.39 is 11.4 Å². The molecule has 10 heteroatoms. The van der Waals surface area contributed by atoms with Gasteiger partial charge >= 0.3 is 5.97 Å². The maximum Gasteiger partial charge on any atom is 0.335 e. The van der Waals surface area contributed by atoms with Crippen LogP contribution in [0.2, 0.25) is 0 Å². The van der Waals surface area contributed by atoms with Gasteiger partial charge in [-0.15, -0.1) is 0 Å². The number of aromatic nitrogens is 2. The molecule has 1 fully saturated rings. The number of rotatable bonds is 7. The predicted octanol–water partition coefficient (Wildman–Crippen LogP) is 6.36. The first-order valence-corrected chi connectivity index (χ1v) is 14.3. The number of aromatic carboxylic acids is 1. The fourth-order valence-electron chi connectivity index (χ4n) is 5.45. The molecule has 0 radical (unpaired) electrons. The van der Waals surface area contributed by atoms with Gasteiger partial charge in [-0.2, -0.15) is 0 Å². The van der Waals surface area contributed by atoms with E-state index in [0.717, 1.165) is 34.0 Å². The van der Waals surface area contributed by atoms with Crippen molar-refractivity contribution < 1.29 is 19.4 Å². The van der Waals surface area contributed by atoms with Crippen LogP contribution in [0, 0.1) is 19.3 Å². The standard InChI is InChI=1S/C33H35N5O4S/c1-19-16-24(20(2)37(19)22-11-9-10-21(17-22)30(39)40)29-28(26-12-7-8-15-34-26)36-32(43)38(29)23-13-14-25(27(18-23)42-6)35-31(41)33(3,4)5/h7-18,28-29H,1-6H3,(H,35,41)(H,36,43)(H,39,40)/t28-,29+/m0/s1. The molecule has 0 saturated carbocycles. The smallest absolute Gasteiger partial charge is 0.335 e. The van der Waals surface area contributed by atoms with Crippen molar-refractivity contribution in [1.82, 2.24) is 14.9 Å². The van der Waals surface area contributed by atoms with E-state index in [1.807, 2.05) is 82.0 Å². The summed E-state index contributed by atoms with van der Waals surface area (Å²) in [4.78, 5) is 31.1. The largest absolute Gasteiger partial charge is 0.494 e. The highest BCUT2D eigenvalue weighted by Gasteiger charge is 2.42. The van der Waals surface area contributed by atoms with Gasteiger partial charge in [0.15, 0.2) is 5.11 Å². The Kier molecular flexibility index (Phi) is 7.98. The normalized spacial score (nSPS) is 16.6. The SMILES string of the molecule is COc1cc(N2C(=S)N[C@@H](c3ccccn3)[C@H]2c2cc(C)n(-c3cccc(C(=O)O)c3)c2C)ccc1NC(=O)C(C)(C)C. The lowest BCUT2D eigenvalue weighted by atomic mass is 9.95. The molecule has 3 N–H and O–H groups in total. The van der Waals surface area contributed by atoms with Gasteiger partial charge in [0, 0.05) is 40.4 Å². The van der Waals surface area contributed by atoms with Crippen molar-refractivity contribution in [1.29, 1.82) is 0 Å². The monoisotopic (exact) mass is 597 g/mol. The molecular weight excluding hydrogens is 562 g/mol. The second-order valence-electron chi connectivity index (χ2n) is 11.6. The van der Waals surface area contributed by atoms with Gasteiger partial charge in [0.1, 0.15) is 5.75 Å². The zero-order chi connectivity index (χ0) is 31.1. The highest BCUT2D eigenvalue weighted by molar-refractivity contribution is 7.80. The van der Waals surface area contributed by atoms with Crippen molar-refractivity contribution in [2.75, 3.05) is 17.3 Å². The van der Waals surface area contributed by atoms with Crippen LogP contribution in [0.25, 0.3) is 5.69 Å². The third-order valence-electron chi connectivity index (χ3n) is 7.63. The van der Waals surface area contributed by atoms with Gasteiger partial charge < -0.3 is 29.9 Å². The summed E-state index contributed by atoms with van der Waals surface area (Å²) in [5.41, 5.74) is 5.49. The lowest BCUT2D eigenvalue weighted by molar-refractivity contribution is -0.123. The van der Waals surface area contributed by atoms with E-state index in [9.17, 15) is 14.7 Å². The van der Waals surface area contributed by atoms with Crippen LogP contribution >= 0.6 is 12.2 Å². The Morgan fingerprint density at radius 3 is 2.44 bits per heavy atom. The molecule has 1 amide bonds. The minimum absolute atomic E-state index is 0.121. The van der Waals surface area contributed by atoms with Crippen LogP contribution in [0.4, 0.5) is 11.4 Å². The lowest BCUT2D eigenvalue weighted by Gasteiger charge is -2.29. The predicted molar refractivity (Wildman–Crippen MR) is 171 cm³/mol. The number of hydrogen-bond acceptors (Lipinski definition) is 5. The van der Waals surface area contributed by atoms with Crippen molar-refractivity contribution in [3.8, 4) is 11.4 Å². The molecule has 3 heterocycles. The van der Waals surface area contributed by atoms with Crippen LogP contribution in [0.5, 0.6) is 5.75 Å². The van der Waals surface area contributed by atoms with E-state index in [2.05, 4.69) is 26.3 Å². The Morgan fingerprint density at radius 2 is 1.79 bits per heavy atom. The fraction of sp³-hybridized carbons (Fsp3) is 0.273. The molecule has 0 bridgehead atoms. The van der Waals surface area contributed by atoms with Crippen LogP contribution in [-0.2, 0) is 4.79 Å². The summed E-state index contributed by atoms with van der Waals surface area (Å²) in [7, 11) is 1.57. The summed E-state index contributed by atoms with van der Waals surface area (Å²) >= 11 is 5.93. The minimum Gasteiger partial charge on any atom is -0.494 e. The maximum atomic E-state index is 12.7. The third kappa shape index (κ3) is 5.70. The van der Waals surface area contributed by atoms with Gasteiger partial charge in [-0.05, 0) is 80.2 Å². The van der Waals surface area contributed by atoms with Gasteiger partial charge in [0.05, 0.1) is 36.1 Å². The van der Waals surface area contributed by atoms with Crippen LogP contribution in [0.15, 0.2) is 72.9 Å². The number of pyridine rings is 1. The molecule has 1 saturated heterocycles. The molecule has 0 unspecified atom stereocenters. The van der Waals surface area contributed by atoms with E-state index in [1.54, 1.807) is 31.5 Å². The number of aryl methyl sites for hydroxylation is 1. The van der Waals surface area contributed by atoms with Crippen LogP contribution in [0.3, 0.4) is 0 Å². The summed E-state index contributed by atoms with van der Waals surface area (Å²) in [6.07, 6.45) is 1.76. The van der Waals surface area contributed by atoms with Crippen molar-refractivity contribution in [3.63, 3.8) is 0 Å². The van der Waals surface area contributed by atoms with Crippen molar-refractivity contribution in [2.24, 2.45) is 5.41 Å². The molecule has 2 atom stereocenters. The number of thiocarbonyl (C=S) groups is 1. The molecule has 43 heavy (non-hydrogen) atoms. The third-order valence-corrected chi connectivity index (χ3v) is 7.95. The molecule has 2 aromatic carbocycles. The zero-order valence-corrected chi connectivity index (χ0v) is 25.8. The summed E-state index contributed by atoms with van der Waals surface area (Å²) in [6, 6.07) is 19.8. The Labute approximate surface area is 256 Å². The lowest BCUT2D eigenvalue weighted by Crippen LogP contribution is -2.30. The number of ether oxygens (including phenoxy) is 1. The van der Waals surface area contributed by atoms with Crippen molar-refractivity contribution in [3.05, 3.63) is 101 Å². The topological polar surface area (TPSA) is 109 Å². The Balaban J connectivity index is 1.63. The molecule has 2 aromatic heterocycles. The quantitative estimate of drug-likeness (QED) is 0.211. The Hall–Kier alpha value is -4.70. The number of hydrogen-bond donors (Lipinski definition) is 3. The first kappa shape index (κ1) is 29.8.